The van der Waals surface area contributed by atoms with Crippen molar-refractivity contribution in [1.82, 2.24) is 0 Å². The molecule has 31 heavy (non-hydrogen) atoms. The molecule has 1 aromatic heterocycles. The van der Waals surface area contributed by atoms with Crippen LogP contribution in [0.15, 0.2) is 76.7 Å². The molecule has 4 heterocycles. The van der Waals surface area contributed by atoms with E-state index in [4.69, 9.17) is 18.9 Å². The van der Waals surface area contributed by atoms with Gasteiger partial charge in [-0.3, -0.25) is 0 Å². The summed E-state index contributed by atoms with van der Waals surface area (Å²) in [5.74, 6) is 2.44. The van der Waals surface area contributed by atoms with Gasteiger partial charge in [0.25, 0.3) is 0 Å². The Kier molecular flexibility index (Phi) is 4.14. The molecule has 0 N–H and O–H groups in total. The van der Waals surface area contributed by atoms with Crippen molar-refractivity contribution < 1.29 is 23.7 Å². The standard InChI is InChI=1S/C24H15NO5S/c26-24-22(25-23(30-24)21-6-3-11-31-21)16-13-19(29-17-5-2-1-4-15(16)17)14-7-8-18-20(12-14)28-10-9-27-18/h1-8,11-13H,9-10H2. The number of thiophene rings is 1. The van der Waals surface area contributed by atoms with Crippen molar-refractivity contribution in [3.8, 4) is 17.2 Å². The number of hydrogen-bond acceptors (Lipinski definition) is 7. The van der Waals surface area contributed by atoms with Crippen LogP contribution in [0, 0.1) is 0 Å². The number of ether oxygens (including phenoxy) is 4. The molecular formula is C24H15NO5S. The third kappa shape index (κ3) is 3.10. The topological polar surface area (TPSA) is 66.4 Å². The number of para-hydroxylation sites is 1. The molecule has 0 radical (unpaired) electrons. The summed E-state index contributed by atoms with van der Waals surface area (Å²) in [6.07, 6.45) is 1.82. The fourth-order valence-electron chi connectivity index (χ4n) is 3.65. The number of allylic oxidation sites excluding steroid dienone is 2. The lowest BCUT2D eigenvalue weighted by atomic mass is 9.97. The van der Waals surface area contributed by atoms with E-state index in [0.29, 0.717) is 47.7 Å². The summed E-state index contributed by atoms with van der Waals surface area (Å²) in [6, 6.07) is 17.0. The number of carbonyl (C=O) groups excluding carboxylic acids is 1. The molecule has 152 valence electrons. The predicted octanol–water partition coefficient (Wildman–Crippen LogP) is 4.67. The van der Waals surface area contributed by atoms with Crippen LogP contribution in [0.25, 0.3) is 11.3 Å². The number of nitrogens with zero attached hydrogens (tertiary/aromatic N) is 1. The SMILES string of the molecule is O=C1OC(c2cccs2)=NC1=C1C=C(c2ccc3c(c2)OCCO3)Oc2ccccc21. The van der Waals surface area contributed by atoms with E-state index in [1.54, 1.807) is 0 Å². The maximum absolute atomic E-state index is 12.7. The van der Waals surface area contributed by atoms with Gasteiger partial charge in [0.15, 0.2) is 17.2 Å². The number of fused-ring (bicyclic) bond motifs is 2. The first-order valence-corrected chi connectivity index (χ1v) is 10.6. The Labute approximate surface area is 181 Å². The molecule has 0 unspecified atom stereocenters. The molecule has 6 nitrogen and oxygen atoms in total. The van der Waals surface area contributed by atoms with Gasteiger partial charge in [-0.15, -0.1) is 11.3 Å². The van der Waals surface area contributed by atoms with E-state index in [1.165, 1.54) is 11.3 Å². The van der Waals surface area contributed by atoms with Crippen LogP contribution in [0.5, 0.6) is 17.2 Å². The largest absolute Gasteiger partial charge is 0.486 e. The predicted molar refractivity (Wildman–Crippen MR) is 116 cm³/mol. The van der Waals surface area contributed by atoms with Gasteiger partial charge in [-0.2, -0.15) is 0 Å². The van der Waals surface area contributed by atoms with Gasteiger partial charge in [0.2, 0.25) is 5.90 Å². The second-order valence-electron chi connectivity index (χ2n) is 7.01. The highest BCUT2D eigenvalue weighted by Crippen LogP contribution is 2.41. The minimum absolute atomic E-state index is 0.259. The highest BCUT2D eigenvalue weighted by molar-refractivity contribution is 7.12. The summed E-state index contributed by atoms with van der Waals surface area (Å²) in [5, 5.41) is 1.92. The van der Waals surface area contributed by atoms with Crippen LogP contribution < -0.4 is 14.2 Å². The van der Waals surface area contributed by atoms with Crippen molar-refractivity contribution >= 4 is 34.5 Å². The number of carbonyl (C=O) groups is 1. The number of benzene rings is 2. The van der Waals surface area contributed by atoms with Gasteiger partial charge in [-0.1, -0.05) is 24.3 Å². The first-order chi connectivity index (χ1) is 15.3. The summed E-state index contributed by atoms with van der Waals surface area (Å²) in [6.45, 7) is 1.03. The Morgan fingerprint density at radius 1 is 0.871 bits per heavy atom. The van der Waals surface area contributed by atoms with Crippen molar-refractivity contribution in [2.24, 2.45) is 4.99 Å². The molecule has 2 aromatic carbocycles. The van der Waals surface area contributed by atoms with E-state index in [0.717, 1.165) is 16.0 Å². The second-order valence-corrected chi connectivity index (χ2v) is 7.96. The Morgan fingerprint density at radius 3 is 2.61 bits per heavy atom. The maximum atomic E-state index is 12.7. The molecule has 0 bridgehead atoms. The molecular weight excluding hydrogens is 414 g/mol. The number of rotatable bonds is 2. The van der Waals surface area contributed by atoms with Gasteiger partial charge < -0.3 is 18.9 Å². The lowest BCUT2D eigenvalue weighted by Gasteiger charge is -2.23. The van der Waals surface area contributed by atoms with Crippen molar-refractivity contribution in [2.75, 3.05) is 13.2 Å². The third-order valence-electron chi connectivity index (χ3n) is 5.08. The van der Waals surface area contributed by atoms with E-state index in [-0.39, 0.29) is 5.70 Å². The molecule has 6 rings (SSSR count). The number of esters is 1. The highest BCUT2D eigenvalue weighted by atomic mass is 32.1. The smallest absolute Gasteiger partial charge is 0.364 e. The molecule has 0 saturated carbocycles. The van der Waals surface area contributed by atoms with E-state index in [2.05, 4.69) is 4.99 Å². The average molecular weight is 429 g/mol. The fraction of sp³-hybridized carbons (Fsp3) is 0.0833. The van der Waals surface area contributed by atoms with Gasteiger partial charge in [0.05, 0.1) is 4.88 Å². The summed E-state index contributed by atoms with van der Waals surface area (Å²) >= 11 is 1.47. The highest BCUT2D eigenvalue weighted by Gasteiger charge is 2.31. The summed E-state index contributed by atoms with van der Waals surface area (Å²) in [5.41, 5.74) is 2.51. The fourth-order valence-corrected chi connectivity index (χ4v) is 4.30. The van der Waals surface area contributed by atoms with Crippen LogP contribution in [0.4, 0.5) is 0 Å². The molecule has 0 saturated heterocycles. The van der Waals surface area contributed by atoms with E-state index >= 15 is 0 Å². The molecule has 0 atom stereocenters. The normalized spacial score (nSPS) is 19.2. The minimum Gasteiger partial charge on any atom is -0.486 e. The van der Waals surface area contributed by atoms with Crippen LogP contribution in [-0.2, 0) is 9.53 Å². The van der Waals surface area contributed by atoms with E-state index < -0.39 is 5.97 Å². The molecule has 0 amide bonds. The zero-order chi connectivity index (χ0) is 20.8. The van der Waals surface area contributed by atoms with Gasteiger partial charge in [-0.05, 0) is 41.8 Å². The van der Waals surface area contributed by atoms with E-state index in [1.807, 2.05) is 66.1 Å². The molecule has 0 spiro atoms. The quantitative estimate of drug-likeness (QED) is 0.438. The van der Waals surface area contributed by atoms with Crippen LogP contribution in [0.2, 0.25) is 0 Å². The van der Waals surface area contributed by atoms with Crippen LogP contribution in [0.1, 0.15) is 16.0 Å². The molecule has 3 aromatic rings. The lowest BCUT2D eigenvalue weighted by molar-refractivity contribution is -0.129. The first kappa shape index (κ1) is 18.0. The number of cyclic esters (lactones) is 1. The Morgan fingerprint density at radius 2 is 1.74 bits per heavy atom. The summed E-state index contributed by atoms with van der Waals surface area (Å²) in [4.78, 5) is 18.1. The van der Waals surface area contributed by atoms with Gasteiger partial charge in [0.1, 0.15) is 24.7 Å². The third-order valence-corrected chi connectivity index (χ3v) is 5.94. The van der Waals surface area contributed by atoms with E-state index in [9.17, 15) is 4.79 Å². The molecule has 3 aliphatic heterocycles. The monoisotopic (exact) mass is 429 g/mol. The molecule has 3 aliphatic rings. The minimum atomic E-state index is -0.479. The number of aliphatic imine (C=N–C) groups is 1. The molecule has 7 heteroatoms. The molecule has 0 aliphatic carbocycles. The van der Waals surface area contributed by atoms with Crippen molar-refractivity contribution in [1.29, 1.82) is 0 Å². The summed E-state index contributed by atoms with van der Waals surface area (Å²) < 4.78 is 22.9. The van der Waals surface area contributed by atoms with Crippen LogP contribution >= 0.6 is 11.3 Å². The lowest BCUT2D eigenvalue weighted by Crippen LogP contribution is -2.15. The van der Waals surface area contributed by atoms with Gasteiger partial charge in [-0.25, -0.2) is 9.79 Å². The van der Waals surface area contributed by atoms with Crippen molar-refractivity contribution in [2.45, 2.75) is 0 Å². The van der Waals surface area contributed by atoms with Crippen molar-refractivity contribution in [3.63, 3.8) is 0 Å². The second kappa shape index (κ2) is 7.14. The van der Waals surface area contributed by atoms with Crippen LogP contribution in [-0.4, -0.2) is 25.1 Å². The first-order valence-electron chi connectivity index (χ1n) is 9.74. The number of hydrogen-bond donors (Lipinski definition) is 0. The van der Waals surface area contributed by atoms with Gasteiger partial charge in [0, 0.05) is 16.7 Å². The average Bonchev–Trinajstić information content (AvgIpc) is 3.48. The zero-order valence-corrected chi connectivity index (χ0v) is 17.0. The maximum Gasteiger partial charge on any atom is 0.364 e. The van der Waals surface area contributed by atoms with Crippen LogP contribution in [0.3, 0.4) is 0 Å². The molecule has 0 fully saturated rings. The zero-order valence-electron chi connectivity index (χ0n) is 16.2. The Balaban J connectivity index is 1.50. The van der Waals surface area contributed by atoms with Crippen molar-refractivity contribution in [3.05, 3.63) is 87.8 Å². The Bertz CT molecular complexity index is 1300. The summed E-state index contributed by atoms with van der Waals surface area (Å²) in [7, 11) is 0. The van der Waals surface area contributed by atoms with Gasteiger partial charge >= 0.3 is 5.97 Å². The Hall–Kier alpha value is -3.84.